The van der Waals surface area contributed by atoms with E-state index >= 15 is 0 Å². The van der Waals surface area contributed by atoms with Gasteiger partial charge < -0.3 is 4.98 Å². The third-order valence-electron chi connectivity index (χ3n) is 1.59. The second-order valence-electron chi connectivity index (χ2n) is 2.29. The van der Waals surface area contributed by atoms with E-state index in [0.29, 0.717) is 12.0 Å². The number of pyridine rings is 1. The predicted octanol–water partition coefficient (Wildman–Crippen LogP) is 0.749. The summed E-state index contributed by atoms with van der Waals surface area (Å²) in [4.78, 5) is 13.5. The molecule has 3 heteroatoms. The number of nitrogens with one attached hydrogen (secondary N) is 1. The summed E-state index contributed by atoms with van der Waals surface area (Å²) in [5.41, 5.74) is 1.32. The molecule has 0 saturated heterocycles. The van der Waals surface area contributed by atoms with E-state index in [1.807, 2.05) is 6.07 Å². The molecule has 0 amide bonds. The number of rotatable bonds is 1. The van der Waals surface area contributed by atoms with Gasteiger partial charge in [-0.15, -0.1) is 0 Å². The lowest BCUT2D eigenvalue weighted by atomic mass is 10.1. The van der Waals surface area contributed by atoms with E-state index in [1.54, 1.807) is 19.2 Å². The van der Waals surface area contributed by atoms with Gasteiger partial charge in [0, 0.05) is 11.8 Å². The average molecular weight is 148 g/mol. The molecule has 0 aliphatic carbocycles. The maximum atomic E-state index is 10.9. The third kappa shape index (κ3) is 1.47. The number of H-pyrrole nitrogens is 1. The van der Waals surface area contributed by atoms with Crippen molar-refractivity contribution < 1.29 is 0 Å². The SMILES string of the molecule is Cc1c(CC#N)cc[nH]c1=O. The number of hydrogen-bond donors (Lipinski definition) is 1. The van der Waals surface area contributed by atoms with Crippen molar-refractivity contribution in [1.29, 1.82) is 5.26 Å². The molecule has 1 rings (SSSR count). The van der Waals surface area contributed by atoms with Crippen LogP contribution in [0.2, 0.25) is 0 Å². The Morgan fingerprint density at radius 1 is 1.73 bits per heavy atom. The molecule has 1 aromatic rings. The molecular weight excluding hydrogens is 140 g/mol. The molecule has 0 aliphatic heterocycles. The number of aromatic amines is 1. The highest BCUT2D eigenvalue weighted by atomic mass is 16.1. The summed E-state index contributed by atoms with van der Waals surface area (Å²) in [6.45, 7) is 1.71. The first-order valence-corrected chi connectivity index (χ1v) is 3.30. The lowest BCUT2D eigenvalue weighted by Crippen LogP contribution is -2.10. The molecule has 0 atom stereocenters. The van der Waals surface area contributed by atoms with Crippen LogP contribution in [0.1, 0.15) is 11.1 Å². The van der Waals surface area contributed by atoms with Crippen molar-refractivity contribution in [2.45, 2.75) is 13.3 Å². The fourth-order valence-electron chi connectivity index (χ4n) is 0.874. The first-order chi connectivity index (χ1) is 5.25. The molecule has 1 heterocycles. The van der Waals surface area contributed by atoms with Gasteiger partial charge in [-0.2, -0.15) is 5.26 Å². The van der Waals surface area contributed by atoms with Gasteiger partial charge in [0.15, 0.2) is 0 Å². The van der Waals surface area contributed by atoms with Crippen molar-refractivity contribution in [2.75, 3.05) is 0 Å². The molecule has 11 heavy (non-hydrogen) atoms. The van der Waals surface area contributed by atoms with Gasteiger partial charge in [-0.05, 0) is 18.6 Å². The van der Waals surface area contributed by atoms with Crippen LogP contribution in [0.15, 0.2) is 17.1 Å². The van der Waals surface area contributed by atoms with Crippen LogP contribution in [-0.2, 0) is 6.42 Å². The summed E-state index contributed by atoms with van der Waals surface area (Å²) < 4.78 is 0. The molecule has 0 unspecified atom stereocenters. The van der Waals surface area contributed by atoms with Gasteiger partial charge in [0.25, 0.3) is 5.56 Å². The molecule has 0 fully saturated rings. The van der Waals surface area contributed by atoms with Crippen molar-refractivity contribution in [3.8, 4) is 6.07 Å². The summed E-state index contributed by atoms with van der Waals surface area (Å²) in [7, 11) is 0. The van der Waals surface area contributed by atoms with E-state index in [0.717, 1.165) is 5.56 Å². The van der Waals surface area contributed by atoms with Crippen molar-refractivity contribution in [2.24, 2.45) is 0 Å². The Labute approximate surface area is 64.3 Å². The molecule has 1 N–H and O–H groups in total. The van der Waals surface area contributed by atoms with Crippen molar-refractivity contribution in [3.05, 3.63) is 33.7 Å². The third-order valence-corrected chi connectivity index (χ3v) is 1.59. The van der Waals surface area contributed by atoms with E-state index in [-0.39, 0.29) is 5.56 Å². The van der Waals surface area contributed by atoms with Gasteiger partial charge >= 0.3 is 0 Å². The Hall–Kier alpha value is -1.56. The number of nitriles is 1. The fourth-order valence-corrected chi connectivity index (χ4v) is 0.874. The lowest BCUT2D eigenvalue weighted by molar-refractivity contribution is 1.11. The zero-order valence-corrected chi connectivity index (χ0v) is 6.22. The van der Waals surface area contributed by atoms with Crippen LogP contribution in [-0.4, -0.2) is 4.98 Å². The molecular formula is C8H8N2O. The van der Waals surface area contributed by atoms with Gasteiger partial charge in [-0.3, -0.25) is 4.79 Å². The number of nitrogens with zero attached hydrogens (tertiary/aromatic N) is 1. The normalized spacial score (nSPS) is 9.09. The van der Waals surface area contributed by atoms with Gasteiger partial charge in [0.2, 0.25) is 0 Å². The van der Waals surface area contributed by atoms with Gasteiger partial charge in [-0.1, -0.05) is 0 Å². The molecule has 0 radical (unpaired) electrons. The lowest BCUT2D eigenvalue weighted by Gasteiger charge is -1.96. The average Bonchev–Trinajstić information content (AvgIpc) is 1.99. The van der Waals surface area contributed by atoms with Crippen molar-refractivity contribution >= 4 is 0 Å². The van der Waals surface area contributed by atoms with Gasteiger partial charge in [0.05, 0.1) is 12.5 Å². The fraction of sp³-hybridized carbons (Fsp3) is 0.250. The van der Waals surface area contributed by atoms with Crippen molar-refractivity contribution in [3.63, 3.8) is 0 Å². The zero-order valence-electron chi connectivity index (χ0n) is 6.22. The van der Waals surface area contributed by atoms with Crippen LogP contribution in [0.25, 0.3) is 0 Å². The minimum atomic E-state index is -0.113. The van der Waals surface area contributed by atoms with Crippen LogP contribution < -0.4 is 5.56 Å². The topological polar surface area (TPSA) is 56.6 Å². The maximum Gasteiger partial charge on any atom is 0.251 e. The Balaban J connectivity index is 3.19. The molecule has 0 aliphatic rings. The molecule has 1 aromatic heterocycles. The molecule has 0 spiro atoms. The van der Waals surface area contributed by atoms with Crippen LogP contribution in [0, 0.1) is 18.3 Å². The number of hydrogen-bond acceptors (Lipinski definition) is 2. The van der Waals surface area contributed by atoms with Crippen LogP contribution in [0.5, 0.6) is 0 Å². The quantitative estimate of drug-likeness (QED) is 0.638. The summed E-state index contributed by atoms with van der Waals surface area (Å²) in [5.74, 6) is 0. The summed E-state index contributed by atoms with van der Waals surface area (Å²) >= 11 is 0. The first-order valence-electron chi connectivity index (χ1n) is 3.30. The minimum Gasteiger partial charge on any atom is -0.329 e. The highest BCUT2D eigenvalue weighted by Gasteiger charge is 1.98. The highest BCUT2D eigenvalue weighted by Crippen LogP contribution is 2.00. The second kappa shape index (κ2) is 3.02. The standard InChI is InChI=1S/C8H8N2O/c1-6-7(2-4-9)3-5-10-8(6)11/h3,5H,2H2,1H3,(H,10,11). The Morgan fingerprint density at radius 2 is 2.45 bits per heavy atom. The minimum absolute atomic E-state index is 0.113. The van der Waals surface area contributed by atoms with Crippen LogP contribution in [0.3, 0.4) is 0 Å². The molecule has 0 bridgehead atoms. The molecule has 3 nitrogen and oxygen atoms in total. The number of aromatic nitrogens is 1. The van der Waals surface area contributed by atoms with Gasteiger partial charge in [-0.25, -0.2) is 0 Å². The van der Waals surface area contributed by atoms with E-state index in [9.17, 15) is 4.79 Å². The molecule has 0 saturated carbocycles. The van der Waals surface area contributed by atoms with Crippen molar-refractivity contribution in [1.82, 2.24) is 4.98 Å². The summed E-state index contributed by atoms with van der Waals surface area (Å²) in [6.07, 6.45) is 1.86. The Bertz CT molecular complexity index is 346. The first kappa shape index (κ1) is 7.55. The molecule has 56 valence electrons. The van der Waals surface area contributed by atoms with Crippen LogP contribution >= 0.6 is 0 Å². The monoisotopic (exact) mass is 148 g/mol. The predicted molar refractivity (Wildman–Crippen MR) is 41.1 cm³/mol. The van der Waals surface area contributed by atoms with E-state index in [4.69, 9.17) is 5.26 Å². The van der Waals surface area contributed by atoms with Crippen LogP contribution in [0.4, 0.5) is 0 Å². The maximum absolute atomic E-state index is 10.9. The Morgan fingerprint density at radius 3 is 3.09 bits per heavy atom. The highest BCUT2D eigenvalue weighted by molar-refractivity contribution is 5.24. The van der Waals surface area contributed by atoms with E-state index in [2.05, 4.69) is 4.98 Å². The summed E-state index contributed by atoms with van der Waals surface area (Å²) in [5, 5.41) is 8.37. The second-order valence-corrected chi connectivity index (χ2v) is 2.29. The Kier molecular flexibility index (Phi) is 2.07. The molecule has 0 aromatic carbocycles. The van der Waals surface area contributed by atoms with E-state index in [1.165, 1.54) is 0 Å². The van der Waals surface area contributed by atoms with Gasteiger partial charge in [0.1, 0.15) is 0 Å². The smallest absolute Gasteiger partial charge is 0.251 e. The zero-order chi connectivity index (χ0) is 8.27. The summed E-state index contributed by atoms with van der Waals surface area (Å²) in [6, 6.07) is 3.75. The van der Waals surface area contributed by atoms with E-state index < -0.39 is 0 Å². The largest absolute Gasteiger partial charge is 0.329 e.